The van der Waals surface area contributed by atoms with E-state index in [-0.39, 0.29) is 10.7 Å². The maximum atomic E-state index is 11.0. The van der Waals surface area contributed by atoms with Gasteiger partial charge >= 0.3 is 5.97 Å². The minimum atomic E-state index is -0.863. The van der Waals surface area contributed by atoms with Crippen molar-refractivity contribution in [2.45, 2.75) is 18.9 Å². The lowest BCUT2D eigenvalue weighted by Gasteiger charge is -2.22. The molecule has 0 saturated carbocycles. The summed E-state index contributed by atoms with van der Waals surface area (Å²) < 4.78 is 0. The van der Waals surface area contributed by atoms with Crippen LogP contribution >= 0.6 is 11.6 Å². The molecule has 1 aromatic rings. The molecule has 0 amide bonds. The summed E-state index contributed by atoms with van der Waals surface area (Å²) in [5.74, 6) is -0.367. The standard InChI is InChI=1S/C11H10ClN3O2/c12-7-3-4-10(14-8(7)6-13)15-5-1-2-9(15)11(16)17/h3-4,9H,1-2,5H2,(H,16,17)/t9-/m0/s1. The van der Waals surface area contributed by atoms with E-state index in [0.29, 0.717) is 18.8 Å². The highest BCUT2D eigenvalue weighted by atomic mass is 35.5. The lowest BCUT2D eigenvalue weighted by atomic mass is 10.2. The smallest absolute Gasteiger partial charge is 0.326 e. The van der Waals surface area contributed by atoms with Crippen LogP contribution in [0.1, 0.15) is 18.5 Å². The second-order valence-electron chi connectivity index (χ2n) is 3.80. The number of pyridine rings is 1. The number of rotatable bonds is 2. The number of anilines is 1. The second-order valence-corrected chi connectivity index (χ2v) is 4.21. The van der Waals surface area contributed by atoms with Gasteiger partial charge in [-0.1, -0.05) is 11.6 Å². The van der Waals surface area contributed by atoms with Gasteiger partial charge in [-0.3, -0.25) is 0 Å². The third-order valence-electron chi connectivity index (χ3n) is 2.77. The summed E-state index contributed by atoms with van der Waals surface area (Å²) >= 11 is 5.78. The number of carbonyl (C=O) groups is 1. The molecule has 0 aromatic carbocycles. The number of carboxylic acid groups (broad SMARTS) is 1. The van der Waals surface area contributed by atoms with Crippen LogP contribution in [0.2, 0.25) is 5.02 Å². The van der Waals surface area contributed by atoms with Crippen LogP contribution in [0.5, 0.6) is 0 Å². The van der Waals surface area contributed by atoms with Crippen molar-refractivity contribution >= 4 is 23.4 Å². The predicted octanol–water partition coefficient (Wildman–Crippen LogP) is 1.66. The molecule has 1 saturated heterocycles. The van der Waals surface area contributed by atoms with Crippen LogP contribution in [0.25, 0.3) is 0 Å². The van der Waals surface area contributed by atoms with Gasteiger partial charge in [0.25, 0.3) is 0 Å². The first kappa shape index (κ1) is 11.7. The quantitative estimate of drug-likeness (QED) is 0.865. The van der Waals surface area contributed by atoms with Gasteiger partial charge < -0.3 is 10.0 Å². The van der Waals surface area contributed by atoms with E-state index in [1.54, 1.807) is 17.0 Å². The molecule has 6 heteroatoms. The Bertz CT molecular complexity index is 498. The normalized spacial score (nSPS) is 19.1. The summed E-state index contributed by atoms with van der Waals surface area (Å²) in [4.78, 5) is 16.8. The summed E-state index contributed by atoms with van der Waals surface area (Å²) in [5.41, 5.74) is 0.125. The van der Waals surface area contributed by atoms with E-state index >= 15 is 0 Å². The minimum Gasteiger partial charge on any atom is -0.480 e. The molecule has 2 heterocycles. The Balaban J connectivity index is 2.34. The number of hydrogen-bond acceptors (Lipinski definition) is 4. The lowest BCUT2D eigenvalue weighted by molar-refractivity contribution is -0.138. The van der Waals surface area contributed by atoms with E-state index in [1.165, 1.54) is 0 Å². The minimum absolute atomic E-state index is 0.125. The molecule has 1 atom stereocenters. The van der Waals surface area contributed by atoms with Gasteiger partial charge in [-0.25, -0.2) is 9.78 Å². The van der Waals surface area contributed by atoms with Gasteiger partial charge in [-0.15, -0.1) is 0 Å². The molecule has 1 aromatic heterocycles. The van der Waals surface area contributed by atoms with Gasteiger partial charge in [0, 0.05) is 6.54 Å². The fourth-order valence-corrected chi connectivity index (χ4v) is 2.12. The number of carboxylic acids is 1. The number of halogens is 1. The van der Waals surface area contributed by atoms with Gasteiger partial charge in [-0.2, -0.15) is 5.26 Å². The molecule has 88 valence electrons. The average molecular weight is 252 g/mol. The first-order valence-corrected chi connectivity index (χ1v) is 5.57. The summed E-state index contributed by atoms with van der Waals surface area (Å²) in [6.45, 7) is 0.635. The molecule has 1 aliphatic rings. The van der Waals surface area contributed by atoms with Crippen molar-refractivity contribution in [3.8, 4) is 6.07 Å². The molecule has 17 heavy (non-hydrogen) atoms. The number of aliphatic carboxylic acids is 1. The maximum absolute atomic E-state index is 11.0. The highest BCUT2D eigenvalue weighted by molar-refractivity contribution is 6.31. The molecular formula is C11H10ClN3O2. The molecule has 0 aliphatic carbocycles. The van der Waals surface area contributed by atoms with Crippen LogP contribution in [0.4, 0.5) is 5.82 Å². The summed E-state index contributed by atoms with van der Waals surface area (Å²) in [6.07, 6.45) is 1.41. The SMILES string of the molecule is N#Cc1nc(N2CCC[C@H]2C(=O)O)ccc1Cl. The van der Waals surface area contributed by atoms with Crippen LogP contribution < -0.4 is 4.90 Å². The van der Waals surface area contributed by atoms with E-state index in [0.717, 1.165) is 6.42 Å². The number of hydrogen-bond donors (Lipinski definition) is 1. The Morgan fingerprint density at radius 2 is 2.41 bits per heavy atom. The Labute approximate surface area is 103 Å². The van der Waals surface area contributed by atoms with E-state index in [1.807, 2.05) is 6.07 Å². The summed E-state index contributed by atoms with van der Waals surface area (Å²) in [5, 5.41) is 18.2. The number of aromatic nitrogens is 1. The number of nitriles is 1. The molecule has 1 fully saturated rings. The average Bonchev–Trinajstić information content (AvgIpc) is 2.78. The van der Waals surface area contributed by atoms with Crippen LogP contribution in [-0.2, 0) is 4.79 Å². The van der Waals surface area contributed by atoms with Crippen molar-refractivity contribution in [1.29, 1.82) is 5.26 Å². The molecule has 1 N–H and O–H groups in total. The fourth-order valence-electron chi connectivity index (χ4n) is 1.97. The van der Waals surface area contributed by atoms with Crippen LogP contribution in [0.3, 0.4) is 0 Å². The highest BCUT2D eigenvalue weighted by Crippen LogP contribution is 2.26. The lowest BCUT2D eigenvalue weighted by Crippen LogP contribution is -2.36. The molecule has 1 aliphatic heterocycles. The van der Waals surface area contributed by atoms with E-state index in [9.17, 15) is 4.79 Å². The van der Waals surface area contributed by atoms with E-state index in [4.69, 9.17) is 22.0 Å². The third-order valence-corrected chi connectivity index (χ3v) is 3.07. The van der Waals surface area contributed by atoms with E-state index < -0.39 is 12.0 Å². The zero-order chi connectivity index (χ0) is 12.4. The Morgan fingerprint density at radius 3 is 3.06 bits per heavy atom. The molecule has 5 nitrogen and oxygen atoms in total. The molecule has 0 spiro atoms. The van der Waals surface area contributed by atoms with Crippen molar-refractivity contribution in [3.63, 3.8) is 0 Å². The first-order chi connectivity index (χ1) is 8.13. The van der Waals surface area contributed by atoms with E-state index in [2.05, 4.69) is 4.98 Å². The first-order valence-electron chi connectivity index (χ1n) is 5.19. The van der Waals surface area contributed by atoms with Crippen LogP contribution in [0.15, 0.2) is 12.1 Å². The topological polar surface area (TPSA) is 77.2 Å². The fraction of sp³-hybridized carbons (Fsp3) is 0.364. The molecular weight excluding hydrogens is 242 g/mol. The van der Waals surface area contributed by atoms with Crippen LogP contribution in [0, 0.1) is 11.3 Å². The molecule has 0 radical (unpaired) electrons. The summed E-state index contributed by atoms with van der Waals surface area (Å²) in [7, 11) is 0. The zero-order valence-electron chi connectivity index (χ0n) is 8.93. The monoisotopic (exact) mass is 251 g/mol. The van der Waals surface area contributed by atoms with Crippen LogP contribution in [-0.4, -0.2) is 28.6 Å². The van der Waals surface area contributed by atoms with Crippen molar-refractivity contribution in [1.82, 2.24) is 4.98 Å². The second kappa shape index (κ2) is 4.60. The summed E-state index contributed by atoms with van der Waals surface area (Å²) in [6, 6.07) is 4.54. The largest absolute Gasteiger partial charge is 0.480 e. The van der Waals surface area contributed by atoms with Crippen molar-refractivity contribution in [3.05, 3.63) is 22.8 Å². The Morgan fingerprint density at radius 1 is 1.65 bits per heavy atom. The van der Waals surface area contributed by atoms with Crippen molar-refractivity contribution in [2.24, 2.45) is 0 Å². The highest BCUT2D eigenvalue weighted by Gasteiger charge is 2.31. The van der Waals surface area contributed by atoms with Gasteiger partial charge in [0.05, 0.1) is 5.02 Å². The molecule has 0 unspecified atom stereocenters. The zero-order valence-corrected chi connectivity index (χ0v) is 9.68. The van der Waals surface area contributed by atoms with Gasteiger partial charge in [0.2, 0.25) is 0 Å². The maximum Gasteiger partial charge on any atom is 0.326 e. The predicted molar refractivity (Wildman–Crippen MR) is 62.0 cm³/mol. The van der Waals surface area contributed by atoms with Crippen molar-refractivity contribution in [2.75, 3.05) is 11.4 Å². The Kier molecular flexibility index (Phi) is 3.16. The van der Waals surface area contributed by atoms with Gasteiger partial charge in [0.1, 0.15) is 17.9 Å². The van der Waals surface area contributed by atoms with Gasteiger partial charge in [-0.05, 0) is 25.0 Å². The third kappa shape index (κ3) is 2.17. The number of nitrogens with zero attached hydrogens (tertiary/aromatic N) is 3. The molecule has 2 rings (SSSR count). The van der Waals surface area contributed by atoms with Crippen molar-refractivity contribution < 1.29 is 9.90 Å². The van der Waals surface area contributed by atoms with Gasteiger partial charge in [0.15, 0.2) is 5.69 Å². The molecule has 0 bridgehead atoms. The Hall–Kier alpha value is -1.80.